The van der Waals surface area contributed by atoms with Gasteiger partial charge in [0.2, 0.25) is 5.91 Å². The van der Waals surface area contributed by atoms with Crippen molar-refractivity contribution in [2.75, 3.05) is 26.3 Å². The first-order chi connectivity index (χ1) is 9.19. The Morgan fingerprint density at radius 1 is 1.11 bits per heavy atom. The van der Waals surface area contributed by atoms with Gasteiger partial charge in [-0.15, -0.1) is 0 Å². The summed E-state index contributed by atoms with van der Waals surface area (Å²) >= 11 is 0. The maximum absolute atomic E-state index is 12.6. The second-order valence-electron chi connectivity index (χ2n) is 7.08. The predicted molar refractivity (Wildman–Crippen MR) is 74.8 cm³/mol. The molecule has 0 aromatic carbocycles. The highest BCUT2D eigenvalue weighted by Crippen LogP contribution is 2.45. The fourth-order valence-electron chi connectivity index (χ4n) is 4.11. The minimum atomic E-state index is 0.242. The third-order valence-electron chi connectivity index (χ3n) is 5.66. The first-order valence-corrected chi connectivity index (χ1v) is 8.05. The van der Waals surface area contributed by atoms with Gasteiger partial charge in [-0.2, -0.15) is 0 Å². The molecule has 1 saturated carbocycles. The van der Waals surface area contributed by atoms with E-state index in [4.69, 9.17) is 4.74 Å². The number of carbonyl (C=O) groups is 1. The normalized spacial score (nSPS) is 36.9. The molecule has 2 aliphatic heterocycles. The van der Waals surface area contributed by atoms with Crippen molar-refractivity contribution in [2.45, 2.75) is 51.9 Å². The molecule has 0 N–H and O–H groups in total. The van der Waals surface area contributed by atoms with Crippen LogP contribution in [0.5, 0.6) is 0 Å². The zero-order valence-electron chi connectivity index (χ0n) is 12.2. The van der Waals surface area contributed by atoms with Crippen molar-refractivity contribution in [3.63, 3.8) is 0 Å². The molecule has 19 heavy (non-hydrogen) atoms. The second-order valence-corrected chi connectivity index (χ2v) is 7.08. The van der Waals surface area contributed by atoms with Crippen LogP contribution in [0.2, 0.25) is 0 Å². The van der Waals surface area contributed by atoms with Crippen LogP contribution in [0.1, 0.15) is 51.9 Å². The molecule has 2 heterocycles. The van der Waals surface area contributed by atoms with Crippen molar-refractivity contribution < 1.29 is 9.53 Å². The Balaban J connectivity index is 1.57. The van der Waals surface area contributed by atoms with E-state index >= 15 is 0 Å². The van der Waals surface area contributed by atoms with Gasteiger partial charge in [-0.05, 0) is 43.4 Å². The van der Waals surface area contributed by atoms with Crippen LogP contribution in [0.4, 0.5) is 0 Å². The van der Waals surface area contributed by atoms with Crippen molar-refractivity contribution in [2.24, 2.45) is 17.3 Å². The lowest BCUT2D eigenvalue weighted by atomic mass is 9.70. The summed E-state index contributed by atoms with van der Waals surface area (Å²) in [6.07, 6.45) is 8.50. The summed E-state index contributed by atoms with van der Waals surface area (Å²) in [7, 11) is 0. The molecule has 0 radical (unpaired) electrons. The lowest BCUT2D eigenvalue weighted by Crippen LogP contribution is -2.39. The first-order valence-electron chi connectivity index (χ1n) is 8.05. The van der Waals surface area contributed by atoms with Crippen LogP contribution in [0.25, 0.3) is 0 Å². The number of hydrogen-bond donors (Lipinski definition) is 0. The third-order valence-corrected chi connectivity index (χ3v) is 5.66. The van der Waals surface area contributed by atoms with Gasteiger partial charge in [0, 0.05) is 32.2 Å². The molecule has 3 aliphatic rings. The van der Waals surface area contributed by atoms with Crippen LogP contribution in [0.3, 0.4) is 0 Å². The van der Waals surface area contributed by atoms with E-state index in [9.17, 15) is 4.79 Å². The smallest absolute Gasteiger partial charge is 0.225 e. The number of amides is 1. The van der Waals surface area contributed by atoms with Crippen LogP contribution in [-0.4, -0.2) is 37.1 Å². The number of nitrogens with zero attached hydrogens (tertiary/aromatic N) is 1. The van der Waals surface area contributed by atoms with Crippen LogP contribution in [-0.2, 0) is 9.53 Å². The Labute approximate surface area is 116 Å². The van der Waals surface area contributed by atoms with E-state index in [1.807, 2.05) is 0 Å². The minimum absolute atomic E-state index is 0.242. The molecule has 0 aromatic rings. The summed E-state index contributed by atoms with van der Waals surface area (Å²) in [5.74, 6) is 1.55. The summed E-state index contributed by atoms with van der Waals surface area (Å²) in [5, 5.41) is 0. The van der Waals surface area contributed by atoms with Crippen molar-refractivity contribution in [1.29, 1.82) is 0 Å². The van der Waals surface area contributed by atoms with E-state index in [2.05, 4.69) is 11.8 Å². The molecule has 2 saturated heterocycles. The Morgan fingerprint density at radius 2 is 1.79 bits per heavy atom. The quantitative estimate of drug-likeness (QED) is 0.729. The summed E-state index contributed by atoms with van der Waals surface area (Å²) in [5.41, 5.74) is 0.480. The highest BCUT2D eigenvalue weighted by molar-refractivity contribution is 5.79. The topological polar surface area (TPSA) is 29.5 Å². The number of carbonyl (C=O) groups excluding carboxylic acids is 1. The van der Waals surface area contributed by atoms with E-state index in [1.165, 1.54) is 32.1 Å². The Bertz CT molecular complexity index is 328. The fourth-order valence-corrected chi connectivity index (χ4v) is 4.11. The van der Waals surface area contributed by atoms with E-state index in [0.29, 0.717) is 11.3 Å². The average molecular weight is 265 g/mol. The van der Waals surface area contributed by atoms with Gasteiger partial charge in [-0.1, -0.05) is 19.8 Å². The van der Waals surface area contributed by atoms with Gasteiger partial charge >= 0.3 is 0 Å². The van der Waals surface area contributed by atoms with E-state index in [0.717, 1.165) is 45.1 Å². The maximum atomic E-state index is 12.6. The summed E-state index contributed by atoms with van der Waals surface area (Å²) < 4.78 is 5.36. The van der Waals surface area contributed by atoms with Crippen LogP contribution < -0.4 is 0 Å². The molecule has 0 atom stereocenters. The molecule has 3 fully saturated rings. The SMILES string of the molecule is CC1CCC2(CC1)CCN(C(=O)C1CCOCC1)C2. The van der Waals surface area contributed by atoms with Crippen LogP contribution >= 0.6 is 0 Å². The fraction of sp³-hybridized carbons (Fsp3) is 0.938. The van der Waals surface area contributed by atoms with Crippen LogP contribution in [0, 0.1) is 17.3 Å². The van der Waals surface area contributed by atoms with Crippen molar-refractivity contribution in [1.82, 2.24) is 4.90 Å². The summed E-state index contributed by atoms with van der Waals surface area (Å²) in [4.78, 5) is 14.7. The molecule has 1 aliphatic carbocycles. The molecule has 0 unspecified atom stereocenters. The lowest BCUT2D eigenvalue weighted by Gasteiger charge is -2.36. The molecule has 3 nitrogen and oxygen atoms in total. The predicted octanol–water partition coefficient (Wildman–Crippen LogP) is 2.84. The Morgan fingerprint density at radius 3 is 2.47 bits per heavy atom. The second kappa shape index (κ2) is 5.43. The zero-order chi connectivity index (χ0) is 13.3. The van der Waals surface area contributed by atoms with Gasteiger partial charge in [0.25, 0.3) is 0 Å². The molecule has 0 aromatic heterocycles. The summed E-state index contributed by atoms with van der Waals surface area (Å²) in [6, 6.07) is 0. The number of hydrogen-bond acceptors (Lipinski definition) is 2. The number of rotatable bonds is 1. The van der Waals surface area contributed by atoms with E-state index in [1.54, 1.807) is 0 Å². The zero-order valence-corrected chi connectivity index (χ0v) is 12.2. The highest BCUT2D eigenvalue weighted by atomic mass is 16.5. The molecular weight excluding hydrogens is 238 g/mol. The Kier molecular flexibility index (Phi) is 3.84. The molecule has 1 amide bonds. The standard InChI is InChI=1S/C16H27NO2/c1-13-2-6-16(7-3-13)8-9-17(12-16)15(18)14-4-10-19-11-5-14/h13-14H,2-12H2,1H3. The van der Waals surface area contributed by atoms with Crippen molar-refractivity contribution in [3.05, 3.63) is 0 Å². The molecule has 108 valence electrons. The third kappa shape index (κ3) is 2.81. The van der Waals surface area contributed by atoms with Gasteiger partial charge in [0.15, 0.2) is 0 Å². The van der Waals surface area contributed by atoms with Gasteiger partial charge < -0.3 is 9.64 Å². The van der Waals surface area contributed by atoms with Crippen LogP contribution in [0.15, 0.2) is 0 Å². The summed E-state index contributed by atoms with van der Waals surface area (Å²) in [6.45, 7) is 5.95. The lowest BCUT2D eigenvalue weighted by molar-refractivity contribution is -0.138. The Hall–Kier alpha value is -0.570. The van der Waals surface area contributed by atoms with Gasteiger partial charge in [0.05, 0.1) is 0 Å². The van der Waals surface area contributed by atoms with Crippen molar-refractivity contribution >= 4 is 5.91 Å². The average Bonchev–Trinajstić information content (AvgIpc) is 2.87. The minimum Gasteiger partial charge on any atom is -0.381 e. The molecule has 0 bridgehead atoms. The van der Waals surface area contributed by atoms with Gasteiger partial charge in [-0.3, -0.25) is 4.79 Å². The number of likely N-dealkylation sites (tertiary alicyclic amines) is 1. The van der Waals surface area contributed by atoms with E-state index in [-0.39, 0.29) is 5.92 Å². The monoisotopic (exact) mass is 265 g/mol. The van der Waals surface area contributed by atoms with Gasteiger partial charge in [0.1, 0.15) is 0 Å². The maximum Gasteiger partial charge on any atom is 0.225 e. The van der Waals surface area contributed by atoms with Gasteiger partial charge in [-0.25, -0.2) is 0 Å². The van der Waals surface area contributed by atoms with Crippen molar-refractivity contribution in [3.8, 4) is 0 Å². The molecule has 3 rings (SSSR count). The molecular formula is C16H27NO2. The molecule has 3 heteroatoms. The largest absolute Gasteiger partial charge is 0.381 e. The molecule has 1 spiro atoms. The van der Waals surface area contributed by atoms with E-state index < -0.39 is 0 Å². The highest BCUT2D eigenvalue weighted by Gasteiger charge is 2.42. The number of ether oxygens (including phenoxy) is 1. The first kappa shape index (κ1) is 13.4.